The van der Waals surface area contributed by atoms with Gasteiger partial charge in [0.25, 0.3) is 0 Å². The fourth-order valence-corrected chi connectivity index (χ4v) is 5.01. The number of hydrogen-bond donors (Lipinski definition) is 3. The molecule has 0 radical (unpaired) electrons. The molecular formula is C30H28N6O7. The number of carbonyl (C=O) groups excluding carboxylic acids is 1. The molecule has 43 heavy (non-hydrogen) atoms. The van der Waals surface area contributed by atoms with Crippen molar-refractivity contribution >= 4 is 29.0 Å². The number of fused-ring (bicyclic) bond motifs is 2. The Labute approximate surface area is 246 Å². The molecule has 2 aromatic heterocycles. The van der Waals surface area contributed by atoms with Gasteiger partial charge in [0.2, 0.25) is 6.29 Å². The maximum Gasteiger partial charge on any atom is 0.336 e. The Morgan fingerprint density at radius 2 is 1.81 bits per heavy atom. The first-order valence-electron chi connectivity index (χ1n) is 13.7. The SMILES string of the molecule is CCNC(=O)Nc1ncnc2c1ncn2[C@@H]1O[C@H](COCc2ccccc2C(=O)O)C2O[C@@H](C#Cc3ccccc3)O[C@@H]21. The summed E-state index contributed by atoms with van der Waals surface area (Å²) in [5, 5.41) is 14.9. The molecule has 2 fully saturated rings. The molecule has 1 unspecified atom stereocenters. The summed E-state index contributed by atoms with van der Waals surface area (Å²) in [6.45, 7) is 2.42. The van der Waals surface area contributed by atoms with Crippen LogP contribution in [0.25, 0.3) is 11.2 Å². The van der Waals surface area contributed by atoms with Gasteiger partial charge in [-0.15, -0.1) is 0 Å². The highest BCUT2D eigenvalue weighted by molar-refractivity contribution is 5.95. The van der Waals surface area contributed by atoms with Gasteiger partial charge >= 0.3 is 12.0 Å². The average Bonchev–Trinajstić information content (AvgIpc) is 3.72. The van der Waals surface area contributed by atoms with Crippen molar-refractivity contribution in [3.63, 3.8) is 0 Å². The van der Waals surface area contributed by atoms with Crippen LogP contribution in [0.2, 0.25) is 0 Å². The minimum absolute atomic E-state index is 0.0680. The Hall–Kier alpha value is -4.87. The van der Waals surface area contributed by atoms with Gasteiger partial charge in [0.15, 0.2) is 23.2 Å². The number of imidazole rings is 1. The number of aromatic carboxylic acids is 1. The van der Waals surface area contributed by atoms with Gasteiger partial charge in [-0.1, -0.05) is 42.3 Å². The summed E-state index contributed by atoms with van der Waals surface area (Å²) >= 11 is 0. The lowest BCUT2D eigenvalue weighted by Gasteiger charge is -2.20. The van der Waals surface area contributed by atoms with E-state index in [9.17, 15) is 14.7 Å². The van der Waals surface area contributed by atoms with Gasteiger partial charge in [0.05, 0.1) is 25.1 Å². The Kier molecular flexibility index (Phi) is 8.25. The number of amides is 2. The minimum Gasteiger partial charge on any atom is -0.478 e. The summed E-state index contributed by atoms with van der Waals surface area (Å²) in [7, 11) is 0. The van der Waals surface area contributed by atoms with E-state index in [-0.39, 0.29) is 24.6 Å². The summed E-state index contributed by atoms with van der Waals surface area (Å²) < 4.78 is 26.5. The first kappa shape index (κ1) is 28.3. The first-order chi connectivity index (χ1) is 21.0. The number of carboxylic acids is 1. The number of nitrogens with one attached hydrogen (secondary N) is 2. The zero-order valence-corrected chi connectivity index (χ0v) is 23.0. The van der Waals surface area contributed by atoms with Gasteiger partial charge in [-0.3, -0.25) is 9.88 Å². The van der Waals surface area contributed by atoms with E-state index in [1.165, 1.54) is 12.4 Å². The van der Waals surface area contributed by atoms with Crippen LogP contribution in [0.1, 0.15) is 34.6 Å². The Bertz CT molecular complexity index is 1680. The third-order valence-electron chi connectivity index (χ3n) is 6.94. The van der Waals surface area contributed by atoms with Gasteiger partial charge in [0.1, 0.15) is 24.6 Å². The fraction of sp³-hybridized carbons (Fsp3) is 0.300. The minimum atomic E-state index is -1.03. The molecule has 220 valence electrons. The normalized spacial score (nSPS) is 22.5. The third kappa shape index (κ3) is 6.04. The van der Waals surface area contributed by atoms with E-state index in [2.05, 4.69) is 37.4 Å². The second kappa shape index (κ2) is 12.6. The smallest absolute Gasteiger partial charge is 0.336 e. The number of anilines is 1. The van der Waals surface area contributed by atoms with Crippen molar-refractivity contribution in [2.75, 3.05) is 18.5 Å². The van der Waals surface area contributed by atoms with E-state index < -0.39 is 42.8 Å². The Morgan fingerprint density at radius 1 is 1.02 bits per heavy atom. The predicted molar refractivity (Wildman–Crippen MR) is 152 cm³/mol. The van der Waals surface area contributed by atoms with Gasteiger partial charge in [-0.05, 0) is 36.6 Å². The maximum atomic E-state index is 12.1. The zero-order valence-electron chi connectivity index (χ0n) is 23.0. The van der Waals surface area contributed by atoms with Crippen molar-refractivity contribution in [3.05, 3.63) is 83.9 Å². The van der Waals surface area contributed by atoms with Crippen molar-refractivity contribution in [1.82, 2.24) is 24.8 Å². The highest BCUT2D eigenvalue weighted by Gasteiger charge is 2.53. The molecule has 0 aliphatic carbocycles. The number of carbonyl (C=O) groups is 2. The predicted octanol–water partition coefficient (Wildman–Crippen LogP) is 2.94. The molecule has 0 bridgehead atoms. The molecular weight excluding hydrogens is 556 g/mol. The van der Waals surface area contributed by atoms with Crippen molar-refractivity contribution in [2.45, 2.75) is 44.4 Å². The van der Waals surface area contributed by atoms with Crippen molar-refractivity contribution in [2.24, 2.45) is 0 Å². The number of benzene rings is 2. The number of urea groups is 1. The Morgan fingerprint density at radius 3 is 2.63 bits per heavy atom. The summed E-state index contributed by atoms with van der Waals surface area (Å²) in [4.78, 5) is 36.7. The second-order valence-electron chi connectivity index (χ2n) is 9.74. The first-order valence-corrected chi connectivity index (χ1v) is 13.7. The summed E-state index contributed by atoms with van der Waals surface area (Å²) in [6, 6.07) is 15.7. The van der Waals surface area contributed by atoms with E-state index in [0.717, 1.165) is 5.56 Å². The summed E-state index contributed by atoms with van der Waals surface area (Å²) in [5.74, 6) is 5.33. The quantitative estimate of drug-likeness (QED) is 0.263. The van der Waals surface area contributed by atoms with E-state index in [1.807, 2.05) is 37.3 Å². The molecule has 2 aliphatic heterocycles. The van der Waals surface area contributed by atoms with E-state index in [1.54, 1.807) is 29.1 Å². The number of hydrogen-bond acceptors (Lipinski definition) is 9. The lowest BCUT2D eigenvalue weighted by molar-refractivity contribution is -0.136. The molecule has 2 aromatic carbocycles. The van der Waals surface area contributed by atoms with Gasteiger partial charge in [-0.25, -0.2) is 24.5 Å². The van der Waals surface area contributed by atoms with Crippen molar-refractivity contribution < 1.29 is 33.6 Å². The monoisotopic (exact) mass is 584 g/mol. The molecule has 6 rings (SSSR count). The average molecular weight is 585 g/mol. The van der Waals surface area contributed by atoms with Crippen molar-refractivity contribution in [3.8, 4) is 11.8 Å². The second-order valence-corrected chi connectivity index (χ2v) is 9.74. The van der Waals surface area contributed by atoms with Crippen LogP contribution in [-0.4, -0.2) is 74.4 Å². The third-order valence-corrected chi connectivity index (χ3v) is 6.94. The van der Waals surface area contributed by atoms with E-state index >= 15 is 0 Å². The number of ether oxygens (including phenoxy) is 4. The van der Waals surface area contributed by atoms with Crippen LogP contribution in [-0.2, 0) is 25.6 Å². The number of carboxylic acid groups (broad SMARTS) is 1. The molecule has 0 spiro atoms. The lowest BCUT2D eigenvalue weighted by atomic mass is 10.1. The molecule has 4 aromatic rings. The molecule has 5 atom stereocenters. The van der Waals surface area contributed by atoms with E-state index in [0.29, 0.717) is 23.3 Å². The number of nitrogens with zero attached hydrogens (tertiary/aromatic N) is 4. The van der Waals surface area contributed by atoms with Crippen LogP contribution >= 0.6 is 0 Å². The molecule has 2 aliphatic rings. The molecule has 13 heteroatoms. The molecule has 2 saturated heterocycles. The zero-order chi connectivity index (χ0) is 29.8. The van der Waals surface area contributed by atoms with Crippen LogP contribution < -0.4 is 10.6 Å². The maximum absolute atomic E-state index is 12.1. The van der Waals surface area contributed by atoms with Crippen LogP contribution in [0.3, 0.4) is 0 Å². The van der Waals surface area contributed by atoms with Crippen LogP contribution in [0.15, 0.2) is 67.3 Å². The molecule has 3 N–H and O–H groups in total. The number of aromatic nitrogens is 4. The number of rotatable bonds is 8. The van der Waals surface area contributed by atoms with Crippen LogP contribution in [0.4, 0.5) is 10.6 Å². The van der Waals surface area contributed by atoms with Gasteiger partial charge in [0, 0.05) is 12.1 Å². The fourth-order valence-electron chi connectivity index (χ4n) is 5.01. The van der Waals surface area contributed by atoms with Crippen LogP contribution in [0.5, 0.6) is 0 Å². The van der Waals surface area contributed by atoms with Crippen molar-refractivity contribution in [1.29, 1.82) is 0 Å². The Balaban J connectivity index is 1.25. The topological polar surface area (TPSA) is 159 Å². The van der Waals surface area contributed by atoms with Crippen LogP contribution in [0, 0.1) is 11.8 Å². The molecule has 2 amide bonds. The van der Waals surface area contributed by atoms with E-state index in [4.69, 9.17) is 18.9 Å². The summed E-state index contributed by atoms with van der Waals surface area (Å²) in [6.07, 6.45) is -0.397. The molecule has 13 nitrogen and oxygen atoms in total. The highest BCUT2D eigenvalue weighted by Crippen LogP contribution is 2.40. The standard InChI is InChI=1S/C30H28N6O7/c1-2-31-30(39)35-26-23-27(33-16-32-26)36(17-34-23)28-25-24(42-22(43-25)13-12-18-8-4-3-5-9-18)21(41-28)15-40-14-19-10-6-7-11-20(19)29(37)38/h3-11,16-17,21-22,24-25,28H,2,14-15H2,1H3,(H,37,38)(H2,31,32,33,35,39)/t21-,22-,24?,25+,28-/m1/s1. The summed E-state index contributed by atoms with van der Waals surface area (Å²) in [5.41, 5.74) is 2.33. The molecule has 4 heterocycles. The molecule has 0 saturated carbocycles. The van der Waals surface area contributed by atoms with Gasteiger partial charge < -0.3 is 29.4 Å². The van der Waals surface area contributed by atoms with Gasteiger partial charge in [-0.2, -0.15) is 0 Å². The lowest BCUT2D eigenvalue weighted by Crippen LogP contribution is -2.32. The largest absolute Gasteiger partial charge is 0.478 e. The highest BCUT2D eigenvalue weighted by atomic mass is 16.8.